The van der Waals surface area contributed by atoms with Gasteiger partial charge in [-0.3, -0.25) is 9.59 Å². The van der Waals surface area contributed by atoms with Crippen LogP contribution in [0.15, 0.2) is 24.3 Å². The van der Waals surface area contributed by atoms with Crippen LogP contribution in [-0.4, -0.2) is 42.7 Å². The zero-order chi connectivity index (χ0) is 15.4. The van der Waals surface area contributed by atoms with Gasteiger partial charge in [0.05, 0.1) is 13.5 Å². The number of carboxylic acids is 1. The van der Waals surface area contributed by atoms with Crippen LogP contribution >= 0.6 is 0 Å². The minimum absolute atomic E-state index is 0.149. The lowest BCUT2D eigenvalue weighted by Crippen LogP contribution is -2.44. The van der Waals surface area contributed by atoms with Gasteiger partial charge >= 0.3 is 11.9 Å². The van der Waals surface area contributed by atoms with E-state index in [1.165, 1.54) is 0 Å². The molecule has 0 spiro atoms. The van der Waals surface area contributed by atoms with Crippen LogP contribution in [0.3, 0.4) is 0 Å². The van der Waals surface area contributed by atoms with Gasteiger partial charge < -0.3 is 19.9 Å². The summed E-state index contributed by atoms with van der Waals surface area (Å²) in [5.41, 5.74) is 0.706. The fourth-order valence-corrected chi connectivity index (χ4v) is 2.10. The van der Waals surface area contributed by atoms with Gasteiger partial charge in [-0.25, -0.2) is 4.79 Å². The topological polar surface area (TPSA) is 102 Å². The molecule has 1 aromatic carbocycles. The normalized spacial score (nSPS) is 17.3. The molecule has 21 heavy (non-hydrogen) atoms. The predicted octanol–water partition coefficient (Wildman–Crippen LogP) is 0.295. The van der Waals surface area contributed by atoms with Crippen molar-refractivity contribution in [2.45, 2.75) is 18.4 Å². The molecule has 0 radical (unpaired) electrons. The summed E-state index contributed by atoms with van der Waals surface area (Å²) >= 11 is 0. The van der Waals surface area contributed by atoms with E-state index in [2.05, 4.69) is 10.1 Å². The molecule has 1 aromatic rings. The highest BCUT2D eigenvalue weighted by molar-refractivity contribution is 5.91. The van der Waals surface area contributed by atoms with Gasteiger partial charge in [0, 0.05) is 5.56 Å². The Morgan fingerprint density at radius 2 is 2.14 bits per heavy atom. The Morgan fingerprint density at radius 1 is 1.43 bits per heavy atom. The van der Waals surface area contributed by atoms with Crippen molar-refractivity contribution in [3.63, 3.8) is 0 Å². The van der Waals surface area contributed by atoms with Gasteiger partial charge in [0.25, 0.3) is 0 Å². The molecule has 0 aromatic heterocycles. The lowest BCUT2D eigenvalue weighted by atomic mass is 10.00. The minimum atomic E-state index is -1.32. The molecule has 0 saturated carbocycles. The first-order valence-electron chi connectivity index (χ1n) is 6.34. The number of hydrogen-bond donors (Lipinski definition) is 2. The van der Waals surface area contributed by atoms with E-state index in [4.69, 9.17) is 9.84 Å². The number of ether oxygens (including phenoxy) is 2. The zero-order valence-corrected chi connectivity index (χ0v) is 11.4. The number of amides is 1. The van der Waals surface area contributed by atoms with Gasteiger partial charge in [0.15, 0.2) is 0 Å². The summed E-state index contributed by atoms with van der Waals surface area (Å²) in [6.07, 6.45) is -0.424. The molecule has 2 N–H and O–H groups in total. The van der Waals surface area contributed by atoms with Crippen molar-refractivity contribution >= 4 is 17.8 Å². The van der Waals surface area contributed by atoms with Crippen molar-refractivity contribution < 1.29 is 29.0 Å². The summed E-state index contributed by atoms with van der Waals surface area (Å²) < 4.78 is 9.79. The number of benzene rings is 1. The summed E-state index contributed by atoms with van der Waals surface area (Å²) in [7, 11) is 1.16. The van der Waals surface area contributed by atoms with E-state index in [9.17, 15) is 14.4 Å². The molecule has 0 bridgehead atoms. The van der Waals surface area contributed by atoms with Crippen LogP contribution in [0.4, 0.5) is 0 Å². The van der Waals surface area contributed by atoms with Crippen LogP contribution in [-0.2, 0) is 19.1 Å². The molecule has 1 amide bonds. The van der Waals surface area contributed by atoms with Crippen LogP contribution in [0, 0.1) is 0 Å². The van der Waals surface area contributed by atoms with Gasteiger partial charge in [-0.15, -0.1) is 0 Å². The van der Waals surface area contributed by atoms with E-state index in [1.54, 1.807) is 24.3 Å². The molecule has 7 heteroatoms. The van der Waals surface area contributed by atoms with Gasteiger partial charge in [-0.05, 0) is 6.07 Å². The molecule has 7 nitrogen and oxygen atoms in total. The van der Waals surface area contributed by atoms with Gasteiger partial charge in [0.2, 0.25) is 5.91 Å². The number of esters is 1. The number of nitrogens with one attached hydrogen (secondary N) is 1. The zero-order valence-electron chi connectivity index (χ0n) is 11.4. The fraction of sp³-hybridized carbons (Fsp3) is 0.357. The molecular weight excluding hydrogens is 278 g/mol. The molecule has 1 aliphatic rings. The molecule has 0 fully saturated rings. The van der Waals surface area contributed by atoms with Crippen molar-refractivity contribution in [3.8, 4) is 5.75 Å². The average Bonchev–Trinajstić information content (AvgIpc) is 2.90. The maximum absolute atomic E-state index is 12.2. The van der Waals surface area contributed by atoms with E-state index < -0.39 is 36.2 Å². The van der Waals surface area contributed by atoms with E-state index >= 15 is 0 Å². The Kier molecular flexibility index (Phi) is 4.42. The molecule has 1 unspecified atom stereocenters. The number of fused-ring (bicyclic) bond motifs is 1. The Balaban J connectivity index is 2.06. The van der Waals surface area contributed by atoms with Gasteiger partial charge in [0.1, 0.15) is 24.3 Å². The third-order valence-electron chi connectivity index (χ3n) is 3.23. The standard InChI is InChI=1S/C14H15NO6/c1-20-12(16)6-10(14(18)19)15-13(17)9-7-21-11-5-3-2-4-8(9)11/h2-5,9-10H,6-7H2,1H3,(H,15,17)(H,18,19)/t9?,10-/m0/s1. The minimum Gasteiger partial charge on any atom is -0.492 e. The number of para-hydroxylation sites is 1. The number of carbonyl (C=O) groups is 3. The number of hydrogen-bond acceptors (Lipinski definition) is 5. The molecular formula is C14H15NO6. The van der Waals surface area contributed by atoms with Crippen LogP contribution in [0.2, 0.25) is 0 Å². The Labute approximate surface area is 120 Å². The van der Waals surface area contributed by atoms with E-state index in [-0.39, 0.29) is 6.61 Å². The largest absolute Gasteiger partial charge is 0.492 e. The lowest BCUT2D eigenvalue weighted by molar-refractivity contribution is -0.148. The lowest BCUT2D eigenvalue weighted by Gasteiger charge is -2.16. The summed E-state index contributed by atoms with van der Waals surface area (Å²) in [5.74, 6) is -2.46. The summed E-state index contributed by atoms with van der Waals surface area (Å²) in [6, 6.07) is 5.74. The number of carboxylic acid groups (broad SMARTS) is 1. The van der Waals surface area contributed by atoms with E-state index in [0.29, 0.717) is 11.3 Å². The summed E-state index contributed by atoms with van der Waals surface area (Å²) in [4.78, 5) is 34.4. The Hall–Kier alpha value is -2.57. The highest BCUT2D eigenvalue weighted by Gasteiger charge is 2.33. The molecule has 1 aliphatic heterocycles. The van der Waals surface area contributed by atoms with Crippen molar-refractivity contribution in [1.82, 2.24) is 5.32 Å². The van der Waals surface area contributed by atoms with Gasteiger partial charge in [-0.1, -0.05) is 18.2 Å². The monoisotopic (exact) mass is 293 g/mol. The second-order valence-electron chi connectivity index (χ2n) is 4.58. The summed E-state index contributed by atoms with van der Waals surface area (Å²) in [5, 5.41) is 11.4. The maximum Gasteiger partial charge on any atom is 0.326 e. The van der Waals surface area contributed by atoms with E-state index in [1.807, 2.05) is 0 Å². The number of aliphatic carboxylic acids is 1. The van der Waals surface area contributed by atoms with Crippen LogP contribution in [0.25, 0.3) is 0 Å². The first-order chi connectivity index (χ1) is 10.0. The van der Waals surface area contributed by atoms with Crippen molar-refractivity contribution in [2.75, 3.05) is 13.7 Å². The van der Waals surface area contributed by atoms with Crippen molar-refractivity contribution in [2.24, 2.45) is 0 Å². The quantitative estimate of drug-likeness (QED) is 0.757. The molecule has 1 heterocycles. The number of carbonyl (C=O) groups excluding carboxylic acids is 2. The van der Waals surface area contributed by atoms with E-state index in [0.717, 1.165) is 7.11 Å². The SMILES string of the molecule is COC(=O)C[C@H](NC(=O)C1COc2ccccc21)C(=O)O. The van der Waals surface area contributed by atoms with Crippen LogP contribution < -0.4 is 10.1 Å². The van der Waals surface area contributed by atoms with Gasteiger partial charge in [-0.2, -0.15) is 0 Å². The number of rotatable bonds is 5. The highest BCUT2D eigenvalue weighted by atomic mass is 16.5. The Morgan fingerprint density at radius 3 is 2.81 bits per heavy atom. The Bertz CT molecular complexity index is 570. The van der Waals surface area contributed by atoms with Crippen molar-refractivity contribution in [1.29, 1.82) is 0 Å². The molecule has 0 saturated heterocycles. The smallest absolute Gasteiger partial charge is 0.326 e. The highest BCUT2D eigenvalue weighted by Crippen LogP contribution is 2.33. The first-order valence-corrected chi connectivity index (χ1v) is 6.34. The third kappa shape index (κ3) is 3.31. The molecule has 112 valence electrons. The second-order valence-corrected chi connectivity index (χ2v) is 4.58. The molecule has 2 rings (SSSR count). The average molecular weight is 293 g/mol. The molecule has 0 aliphatic carbocycles. The molecule has 2 atom stereocenters. The fourth-order valence-electron chi connectivity index (χ4n) is 2.10. The summed E-state index contributed by atoms with van der Waals surface area (Å²) in [6.45, 7) is 0.149. The van der Waals surface area contributed by atoms with Crippen LogP contribution in [0.5, 0.6) is 5.75 Å². The first kappa shape index (κ1) is 14.8. The predicted molar refractivity (Wildman–Crippen MR) is 70.9 cm³/mol. The third-order valence-corrected chi connectivity index (χ3v) is 3.23. The second kappa shape index (κ2) is 6.25. The number of methoxy groups -OCH3 is 1. The maximum atomic E-state index is 12.2. The van der Waals surface area contributed by atoms with Crippen LogP contribution in [0.1, 0.15) is 17.9 Å². The van der Waals surface area contributed by atoms with Crippen molar-refractivity contribution in [3.05, 3.63) is 29.8 Å².